The van der Waals surface area contributed by atoms with Crippen molar-refractivity contribution in [3.05, 3.63) is 36.4 Å². The second-order valence-corrected chi connectivity index (χ2v) is 4.59. The number of hydrogen-bond donors (Lipinski definition) is 0. The lowest BCUT2D eigenvalue weighted by Gasteiger charge is -2.11. The Hall–Kier alpha value is -2.23. The summed E-state index contributed by atoms with van der Waals surface area (Å²) < 4.78 is 1.89. The zero-order chi connectivity index (χ0) is 13.8. The number of likely N-dealkylation sites (N-methyl/N-ethyl adjacent to an activating group) is 1. The molecule has 2 rings (SSSR count). The van der Waals surface area contributed by atoms with Crippen molar-refractivity contribution in [1.82, 2.24) is 19.4 Å². The molecule has 5 nitrogen and oxygen atoms in total. The maximum absolute atomic E-state index is 11.1. The number of nitrogens with zero attached hydrogens (tertiary/aromatic N) is 4. The topological polar surface area (TPSA) is 51.0 Å². The van der Waals surface area contributed by atoms with Gasteiger partial charge in [0.15, 0.2) is 0 Å². The van der Waals surface area contributed by atoms with E-state index in [1.165, 1.54) is 0 Å². The van der Waals surface area contributed by atoms with Crippen LogP contribution in [0.2, 0.25) is 0 Å². The van der Waals surface area contributed by atoms with Gasteiger partial charge in [-0.1, -0.05) is 0 Å². The van der Waals surface area contributed by atoms with Crippen molar-refractivity contribution in [3.8, 4) is 11.4 Å². The maximum atomic E-state index is 11.1. The molecule has 2 aromatic rings. The van der Waals surface area contributed by atoms with Crippen LogP contribution in [0, 0.1) is 0 Å². The Morgan fingerprint density at radius 2 is 2.21 bits per heavy atom. The fourth-order valence-electron chi connectivity index (χ4n) is 1.93. The first-order chi connectivity index (χ1) is 9.13. The van der Waals surface area contributed by atoms with Gasteiger partial charge in [0.1, 0.15) is 11.8 Å². The highest BCUT2D eigenvalue weighted by Crippen LogP contribution is 2.20. The standard InChI is InChI=1S/C14H16N4O/c1-17(2)9-12(10-19)13-8-16-14(18(13)3)11-5-4-6-15-7-11/h4-8H,9H2,1-3H3. The fourth-order valence-corrected chi connectivity index (χ4v) is 1.93. The molecule has 0 saturated heterocycles. The first-order valence-corrected chi connectivity index (χ1v) is 5.94. The summed E-state index contributed by atoms with van der Waals surface area (Å²) in [4.78, 5) is 21.5. The summed E-state index contributed by atoms with van der Waals surface area (Å²) in [5.74, 6) is 2.79. The largest absolute Gasteiger partial charge is 0.327 e. The van der Waals surface area contributed by atoms with Gasteiger partial charge in [-0.05, 0) is 26.2 Å². The second-order valence-electron chi connectivity index (χ2n) is 4.59. The molecule has 0 aliphatic rings. The van der Waals surface area contributed by atoms with Gasteiger partial charge >= 0.3 is 0 Å². The van der Waals surface area contributed by atoms with Crippen LogP contribution in [0.5, 0.6) is 0 Å². The van der Waals surface area contributed by atoms with E-state index >= 15 is 0 Å². The van der Waals surface area contributed by atoms with Crippen molar-refractivity contribution in [2.45, 2.75) is 0 Å². The van der Waals surface area contributed by atoms with Crippen LogP contribution in [0.15, 0.2) is 30.7 Å². The number of imidazole rings is 1. The third-order valence-electron chi connectivity index (χ3n) is 2.81. The summed E-state index contributed by atoms with van der Waals surface area (Å²) in [5, 5.41) is 0. The summed E-state index contributed by atoms with van der Waals surface area (Å²) in [6, 6.07) is 3.80. The molecule has 2 aromatic heterocycles. The van der Waals surface area contributed by atoms with Crippen LogP contribution >= 0.6 is 0 Å². The number of rotatable bonds is 4. The highest BCUT2D eigenvalue weighted by atomic mass is 16.1. The molecular formula is C14H16N4O. The van der Waals surface area contributed by atoms with Gasteiger partial charge in [0.25, 0.3) is 0 Å². The molecule has 0 N–H and O–H groups in total. The van der Waals surface area contributed by atoms with Crippen molar-refractivity contribution in [2.24, 2.45) is 7.05 Å². The molecule has 0 aromatic carbocycles. The van der Waals surface area contributed by atoms with E-state index < -0.39 is 0 Å². The quantitative estimate of drug-likeness (QED) is 0.773. The molecule has 0 spiro atoms. The Morgan fingerprint density at radius 3 is 2.79 bits per heavy atom. The van der Waals surface area contributed by atoms with E-state index in [-0.39, 0.29) is 0 Å². The van der Waals surface area contributed by atoms with Crippen molar-refractivity contribution in [1.29, 1.82) is 0 Å². The van der Waals surface area contributed by atoms with Crippen molar-refractivity contribution in [2.75, 3.05) is 20.6 Å². The van der Waals surface area contributed by atoms with Crippen LogP contribution in [-0.4, -0.2) is 46.0 Å². The highest BCUT2D eigenvalue weighted by Gasteiger charge is 2.13. The summed E-state index contributed by atoms with van der Waals surface area (Å²) in [5.41, 5.74) is 2.30. The summed E-state index contributed by atoms with van der Waals surface area (Å²) in [7, 11) is 5.71. The van der Waals surface area contributed by atoms with Crippen LogP contribution in [0.3, 0.4) is 0 Å². The Bertz CT molecular complexity index is 610. The fraction of sp³-hybridized carbons (Fsp3) is 0.286. The SMILES string of the molecule is CN(C)CC(=C=O)c1cnc(-c2cccnc2)n1C. The van der Waals surface area contributed by atoms with Gasteiger partial charge in [0.05, 0.1) is 17.5 Å². The van der Waals surface area contributed by atoms with Crippen LogP contribution in [0.25, 0.3) is 17.0 Å². The third-order valence-corrected chi connectivity index (χ3v) is 2.81. The lowest BCUT2D eigenvalue weighted by molar-refractivity contribution is 0.461. The van der Waals surface area contributed by atoms with Gasteiger partial charge < -0.3 is 9.47 Å². The zero-order valence-corrected chi connectivity index (χ0v) is 11.3. The minimum absolute atomic E-state index is 0.537. The van der Waals surface area contributed by atoms with Crippen molar-refractivity contribution < 1.29 is 4.79 Å². The number of pyridine rings is 1. The molecular weight excluding hydrogens is 240 g/mol. The average Bonchev–Trinajstić information content (AvgIpc) is 2.78. The Kier molecular flexibility index (Phi) is 3.90. The van der Waals surface area contributed by atoms with Gasteiger partial charge in [0, 0.05) is 31.5 Å². The van der Waals surface area contributed by atoms with Gasteiger partial charge in [-0.2, -0.15) is 0 Å². The zero-order valence-electron chi connectivity index (χ0n) is 11.3. The summed E-state index contributed by atoms with van der Waals surface area (Å²) in [6.07, 6.45) is 5.17. The molecule has 2 heterocycles. The first-order valence-electron chi connectivity index (χ1n) is 5.94. The predicted octanol–water partition coefficient (Wildman–Crippen LogP) is 1.26. The molecule has 0 aliphatic carbocycles. The van der Waals surface area contributed by atoms with Gasteiger partial charge in [-0.25, -0.2) is 9.78 Å². The van der Waals surface area contributed by atoms with Gasteiger partial charge in [-0.3, -0.25) is 4.98 Å². The van der Waals surface area contributed by atoms with E-state index in [1.54, 1.807) is 18.6 Å². The lowest BCUT2D eigenvalue weighted by Crippen LogP contribution is -2.16. The maximum Gasteiger partial charge on any atom is 0.141 e. The van der Waals surface area contributed by atoms with Gasteiger partial charge in [-0.15, -0.1) is 0 Å². The van der Waals surface area contributed by atoms with E-state index in [4.69, 9.17) is 0 Å². The average molecular weight is 256 g/mol. The molecule has 0 aliphatic heterocycles. The predicted molar refractivity (Wildman–Crippen MR) is 74.1 cm³/mol. The Balaban J connectivity index is 2.41. The lowest BCUT2D eigenvalue weighted by atomic mass is 10.2. The highest BCUT2D eigenvalue weighted by molar-refractivity contribution is 5.87. The van der Waals surface area contributed by atoms with Crippen molar-refractivity contribution >= 4 is 11.5 Å². The molecule has 0 radical (unpaired) electrons. The van der Waals surface area contributed by atoms with E-state index in [1.807, 2.05) is 48.7 Å². The second kappa shape index (κ2) is 5.61. The van der Waals surface area contributed by atoms with Crippen LogP contribution < -0.4 is 0 Å². The van der Waals surface area contributed by atoms with Crippen LogP contribution in [0.1, 0.15) is 5.69 Å². The number of hydrogen-bond acceptors (Lipinski definition) is 4. The number of carbonyl (C=O) groups excluding carboxylic acids is 1. The molecule has 0 bridgehead atoms. The van der Waals surface area contributed by atoms with Crippen LogP contribution in [-0.2, 0) is 11.8 Å². The third kappa shape index (κ3) is 2.78. The van der Waals surface area contributed by atoms with E-state index in [9.17, 15) is 4.79 Å². The van der Waals surface area contributed by atoms with E-state index in [0.29, 0.717) is 12.1 Å². The molecule has 98 valence electrons. The van der Waals surface area contributed by atoms with Crippen molar-refractivity contribution in [3.63, 3.8) is 0 Å². The van der Waals surface area contributed by atoms with Gasteiger partial charge in [0.2, 0.25) is 0 Å². The molecule has 19 heavy (non-hydrogen) atoms. The molecule has 0 saturated carbocycles. The molecule has 0 atom stereocenters. The molecule has 0 amide bonds. The van der Waals surface area contributed by atoms with Crippen LogP contribution in [0.4, 0.5) is 0 Å². The minimum atomic E-state index is 0.537. The normalized spacial score (nSPS) is 10.5. The monoisotopic (exact) mass is 256 g/mol. The number of aromatic nitrogens is 3. The molecule has 5 heteroatoms. The van der Waals surface area contributed by atoms with E-state index in [2.05, 4.69) is 9.97 Å². The first kappa shape index (κ1) is 13.2. The smallest absolute Gasteiger partial charge is 0.141 e. The summed E-state index contributed by atoms with van der Waals surface area (Å²) in [6.45, 7) is 0.537. The summed E-state index contributed by atoms with van der Waals surface area (Å²) >= 11 is 0. The molecule has 0 fully saturated rings. The Morgan fingerprint density at radius 1 is 1.42 bits per heavy atom. The minimum Gasteiger partial charge on any atom is -0.327 e. The Labute approximate surface area is 112 Å². The van der Waals surface area contributed by atoms with E-state index in [0.717, 1.165) is 17.1 Å². The molecule has 0 unspecified atom stereocenters.